The molecule has 0 radical (unpaired) electrons. The minimum absolute atomic E-state index is 0.0588. The van der Waals surface area contributed by atoms with Gasteiger partial charge < -0.3 is 4.74 Å². The summed E-state index contributed by atoms with van der Waals surface area (Å²) in [5.74, 6) is 0.284. The SMILES string of the molecule is Cn1c(=O)c2c(nc(Oc3ccc(Cl)cc3Cl)n2Cc2ccc(Cl)cc2Cl)n(C)c1=O. The van der Waals surface area contributed by atoms with Crippen molar-refractivity contribution < 1.29 is 4.74 Å². The molecule has 2 aromatic carbocycles. The Morgan fingerprint density at radius 1 is 0.903 bits per heavy atom. The van der Waals surface area contributed by atoms with Crippen LogP contribution in [-0.2, 0) is 20.6 Å². The van der Waals surface area contributed by atoms with Crippen LogP contribution in [0.3, 0.4) is 0 Å². The summed E-state index contributed by atoms with van der Waals surface area (Å²) in [6.07, 6.45) is 0. The Balaban J connectivity index is 1.97. The summed E-state index contributed by atoms with van der Waals surface area (Å²) in [4.78, 5) is 29.8. The van der Waals surface area contributed by atoms with Crippen molar-refractivity contribution in [3.63, 3.8) is 0 Å². The molecule has 0 aliphatic carbocycles. The number of hydrogen-bond donors (Lipinski definition) is 0. The number of aromatic nitrogens is 4. The largest absolute Gasteiger partial charge is 0.424 e. The second-order valence-corrected chi connectivity index (χ2v) is 8.46. The van der Waals surface area contributed by atoms with E-state index in [0.29, 0.717) is 20.6 Å². The number of rotatable bonds is 4. The van der Waals surface area contributed by atoms with Gasteiger partial charge in [-0.25, -0.2) is 4.79 Å². The Bertz CT molecular complexity index is 1460. The molecular weight excluding hydrogens is 486 g/mol. The molecule has 0 N–H and O–H groups in total. The zero-order valence-corrected chi connectivity index (χ0v) is 19.2. The summed E-state index contributed by atoms with van der Waals surface area (Å²) in [5, 5.41) is 1.59. The van der Waals surface area contributed by atoms with E-state index in [1.54, 1.807) is 30.3 Å². The minimum Gasteiger partial charge on any atom is -0.424 e. The van der Waals surface area contributed by atoms with E-state index in [-0.39, 0.29) is 34.5 Å². The van der Waals surface area contributed by atoms with E-state index in [0.717, 1.165) is 4.57 Å². The zero-order chi connectivity index (χ0) is 22.4. The topological polar surface area (TPSA) is 71.1 Å². The van der Waals surface area contributed by atoms with E-state index >= 15 is 0 Å². The van der Waals surface area contributed by atoms with Crippen molar-refractivity contribution in [1.29, 1.82) is 0 Å². The van der Waals surface area contributed by atoms with Crippen molar-refractivity contribution >= 4 is 57.6 Å². The molecular formula is C20H14Cl4N4O3. The highest BCUT2D eigenvalue weighted by atomic mass is 35.5. The lowest BCUT2D eigenvalue weighted by Gasteiger charge is -2.12. The van der Waals surface area contributed by atoms with Crippen molar-refractivity contribution in [3.05, 3.63) is 82.9 Å². The van der Waals surface area contributed by atoms with Gasteiger partial charge in [0.15, 0.2) is 11.2 Å². The van der Waals surface area contributed by atoms with E-state index in [4.69, 9.17) is 51.1 Å². The van der Waals surface area contributed by atoms with Crippen LogP contribution in [-0.4, -0.2) is 18.7 Å². The molecule has 0 unspecified atom stereocenters. The molecule has 2 aromatic heterocycles. The normalized spacial score (nSPS) is 11.3. The van der Waals surface area contributed by atoms with Crippen LogP contribution < -0.4 is 16.0 Å². The van der Waals surface area contributed by atoms with E-state index < -0.39 is 11.2 Å². The molecule has 2 heterocycles. The number of ether oxygens (including phenoxy) is 1. The third kappa shape index (κ3) is 3.94. The Hall–Kier alpha value is -2.45. The molecule has 4 rings (SSSR count). The molecule has 0 amide bonds. The third-order valence-corrected chi connectivity index (χ3v) is 5.87. The van der Waals surface area contributed by atoms with Gasteiger partial charge in [-0.2, -0.15) is 4.98 Å². The first-order valence-electron chi connectivity index (χ1n) is 8.90. The molecule has 0 bridgehead atoms. The van der Waals surface area contributed by atoms with Crippen LogP contribution in [0.15, 0.2) is 46.0 Å². The third-order valence-electron chi connectivity index (χ3n) is 4.75. The van der Waals surface area contributed by atoms with E-state index in [9.17, 15) is 9.59 Å². The number of hydrogen-bond acceptors (Lipinski definition) is 4. The van der Waals surface area contributed by atoms with Gasteiger partial charge in [0, 0.05) is 29.2 Å². The van der Waals surface area contributed by atoms with Crippen molar-refractivity contribution in [2.45, 2.75) is 6.54 Å². The second-order valence-electron chi connectivity index (χ2n) is 6.77. The van der Waals surface area contributed by atoms with Gasteiger partial charge in [0.25, 0.3) is 5.56 Å². The number of imidazole rings is 1. The van der Waals surface area contributed by atoms with Crippen molar-refractivity contribution in [3.8, 4) is 11.8 Å². The smallest absolute Gasteiger partial charge is 0.332 e. The summed E-state index contributed by atoms with van der Waals surface area (Å²) in [7, 11) is 2.92. The maximum atomic E-state index is 13.0. The molecule has 0 atom stereocenters. The number of halogens is 4. The number of aryl methyl sites for hydroxylation is 1. The monoisotopic (exact) mass is 498 g/mol. The van der Waals surface area contributed by atoms with Crippen LogP contribution in [0.4, 0.5) is 0 Å². The summed E-state index contributed by atoms with van der Waals surface area (Å²) in [6.45, 7) is 0.139. The van der Waals surface area contributed by atoms with E-state index in [1.807, 2.05) is 0 Å². The first-order valence-corrected chi connectivity index (χ1v) is 10.4. The summed E-state index contributed by atoms with van der Waals surface area (Å²) < 4.78 is 9.75. The fraction of sp³-hybridized carbons (Fsp3) is 0.150. The zero-order valence-electron chi connectivity index (χ0n) is 16.2. The number of fused-ring (bicyclic) bond motifs is 1. The van der Waals surface area contributed by atoms with Crippen molar-refractivity contribution in [1.82, 2.24) is 18.7 Å². The average Bonchev–Trinajstić information content (AvgIpc) is 3.07. The number of benzene rings is 2. The molecule has 4 aromatic rings. The minimum atomic E-state index is -0.521. The Labute approximate surface area is 195 Å². The molecule has 160 valence electrons. The highest BCUT2D eigenvalue weighted by Crippen LogP contribution is 2.33. The predicted molar refractivity (Wildman–Crippen MR) is 122 cm³/mol. The number of nitrogens with zero attached hydrogens (tertiary/aromatic N) is 4. The van der Waals surface area contributed by atoms with Gasteiger partial charge in [0.05, 0.1) is 11.6 Å². The standard InChI is InChI=1S/C20H14Cl4N4O3/c1-26-17-16(18(29)27(2)20(26)30)28(9-10-3-4-11(21)7-13(10)23)19(25-17)31-15-6-5-12(22)8-14(15)24/h3-8H,9H2,1-2H3. The van der Waals surface area contributed by atoms with Crippen LogP contribution in [0.2, 0.25) is 20.1 Å². The molecule has 0 saturated carbocycles. The van der Waals surface area contributed by atoms with Crippen LogP contribution >= 0.6 is 46.4 Å². The van der Waals surface area contributed by atoms with Crippen molar-refractivity contribution in [2.24, 2.45) is 14.1 Å². The average molecular weight is 500 g/mol. The first kappa shape index (κ1) is 21.8. The van der Waals surface area contributed by atoms with Gasteiger partial charge in [0.1, 0.15) is 5.75 Å². The lowest BCUT2D eigenvalue weighted by Crippen LogP contribution is -2.37. The molecule has 0 fully saturated rings. The first-order chi connectivity index (χ1) is 14.7. The fourth-order valence-corrected chi connectivity index (χ4v) is 4.04. The predicted octanol–water partition coefficient (Wildman–Crippen LogP) is 4.89. The Morgan fingerprint density at radius 3 is 2.19 bits per heavy atom. The molecule has 0 aliphatic heterocycles. The second kappa shape index (κ2) is 8.24. The molecule has 7 nitrogen and oxygen atoms in total. The molecule has 0 spiro atoms. The Morgan fingerprint density at radius 2 is 1.55 bits per heavy atom. The highest BCUT2D eigenvalue weighted by molar-refractivity contribution is 6.35. The van der Waals surface area contributed by atoms with Crippen LogP contribution in [0.5, 0.6) is 11.8 Å². The van der Waals surface area contributed by atoms with Gasteiger partial charge >= 0.3 is 11.7 Å². The quantitative estimate of drug-likeness (QED) is 0.401. The van der Waals surface area contributed by atoms with Gasteiger partial charge in [-0.15, -0.1) is 0 Å². The fourth-order valence-electron chi connectivity index (χ4n) is 3.13. The molecule has 31 heavy (non-hydrogen) atoms. The van der Waals surface area contributed by atoms with Gasteiger partial charge in [-0.1, -0.05) is 52.5 Å². The van der Waals surface area contributed by atoms with Gasteiger partial charge in [-0.05, 0) is 35.9 Å². The van der Waals surface area contributed by atoms with Gasteiger partial charge in [0.2, 0.25) is 0 Å². The molecule has 11 heteroatoms. The Kier molecular flexibility index (Phi) is 5.79. The molecule has 0 saturated heterocycles. The lowest BCUT2D eigenvalue weighted by atomic mass is 10.2. The summed E-state index contributed by atoms with van der Waals surface area (Å²) in [6, 6.07) is 9.80. The van der Waals surface area contributed by atoms with E-state index in [2.05, 4.69) is 4.98 Å². The van der Waals surface area contributed by atoms with Crippen LogP contribution in [0.25, 0.3) is 11.2 Å². The summed E-state index contributed by atoms with van der Waals surface area (Å²) in [5.41, 5.74) is -0.0159. The van der Waals surface area contributed by atoms with Crippen LogP contribution in [0, 0.1) is 0 Å². The maximum absolute atomic E-state index is 13.0. The summed E-state index contributed by atoms with van der Waals surface area (Å²) >= 11 is 24.6. The van der Waals surface area contributed by atoms with E-state index in [1.165, 1.54) is 29.3 Å². The van der Waals surface area contributed by atoms with Crippen molar-refractivity contribution in [2.75, 3.05) is 0 Å². The lowest BCUT2D eigenvalue weighted by molar-refractivity contribution is 0.421. The molecule has 0 aliphatic rings. The van der Waals surface area contributed by atoms with Gasteiger partial charge in [-0.3, -0.25) is 18.5 Å². The van der Waals surface area contributed by atoms with Crippen LogP contribution in [0.1, 0.15) is 5.56 Å². The highest BCUT2D eigenvalue weighted by Gasteiger charge is 2.22. The maximum Gasteiger partial charge on any atom is 0.332 e.